The largest absolute Gasteiger partial charge is 0.353 e. The summed E-state index contributed by atoms with van der Waals surface area (Å²) in [6.45, 7) is 0.712. The molecule has 2 aliphatic heterocycles. The van der Waals surface area contributed by atoms with Crippen LogP contribution in [0.15, 0.2) is 18.7 Å². The van der Waals surface area contributed by atoms with E-state index in [0.717, 1.165) is 12.8 Å². The Balaban J connectivity index is 0.000001000. The molecule has 7 heteroatoms. The van der Waals surface area contributed by atoms with E-state index in [-0.39, 0.29) is 30.7 Å². The van der Waals surface area contributed by atoms with Crippen LogP contribution in [0.1, 0.15) is 32.1 Å². The average Bonchev–Trinajstić information content (AvgIpc) is 2.97. The van der Waals surface area contributed by atoms with Gasteiger partial charge in [-0.05, 0) is 25.7 Å². The van der Waals surface area contributed by atoms with Crippen LogP contribution < -0.4 is 10.6 Å². The Labute approximate surface area is 131 Å². The fourth-order valence-electron chi connectivity index (χ4n) is 3.12. The maximum atomic E-state index is 11.9. The van der Waals surface area contributed by atoms with Gasteiger partial charge >= 0.3 is 0 Å². The predicted octanol–water partition coefficient (Wildman–Crippen LogP) is 1.52. The van der Waals surface area contributed by atoms with Crippen LogP contribution in [0.3, 0.4) is 0 Å². The van der Waals surface area contributed by atoms with Crippen molar-refractivity contribution < 1.29 is 4.79 Å². The molecule has 0 aromatic carbocycles. The van der Waals surface area contributed by atoms with Crippen molar-refractivity contribution in [3.8, 4) is 0 Å². The van der Waals surface area contributed by atoms with Crippen molar-refractivity contribution in [1.29, 1.82) is 0 Å². The molecule has 2 bridgehead atoms. The topological polar surface area (TPSA) is 59.0 Å². The van der Waals surface area contributed by atoms with Gasteiger partial charge in [-0.25, -0.2) is 4.98 Å². The maximum absolute atomic E-state index is 11.9. The van der Waals surface area contributed by atoms with E-state index in [1.165, 1.54) is 12.8 Å². The van der Waals surface area contributed by atoms with E-state index in [2.05, 4.69) is 15.6 Å². The Morgan fingerprint density at radius 3 is 2.60 bits per heavy atom. The van der Waals surface area contributed by atoms with Gasteiger partial charge in [0.25, 0.3) is 0 Å². The van der Waals surface area contributed by atoms with Gasteiger partial charge in [-0.15, -0.1) is 24.8 Å². The molecule has 0 radical (unpaired) electrons. The van der Waals surface area contributed by atoms with E-state index < -0.39 is 0 Å². The van der Waals surface area contributed by atoms with Gasteiger partial charge < -0.3 is 15.2 Å². The summed E-state index contributed by atoms with van der Waals surface area (Å²) in [5.74, 6) is 0.162. The van der Waals surface area contributed by atoms with Crippen molar-refractivity contribution in [2.75, 3.05) is 0 Å². The van der Waals surface area contributed by atoms with Gasteiger partial charge in [0.05, 0.1) is 6.33 Å². The summed E-state index contributed by atoms with van der Waals surface area (Å²) in [7, 11) is 0. The van der Waals surface area contributed by atoms with E-state index in [4.69, 9.17) is 0 Å². The third-order valence-corrected chi connectivity index (χ3v) is 3.99. The number of aryl methyl sites for hydroxylation is 1. The molecule has 1 amide bonds. The number of amides is 1. The van der Waals surface area contributed by atoms with E-state index >= 15 is 0 Å². The summed E-state index contributed by atoms with van der Waals surface area (Å²) >= 11 is 0. The smallest absolute Gasteiger partial charge is 0.222 e. The van der Waals surface area contributed by atoms with Crippen molar-refractivity contribution >= 4 is 30.7 Å². The Morgan fingerprint density at radius 2 is 2.00 bits per heavy atom. The van der Waals surface area contributed by atoms with Crippen LogP contribution in [0.25, 0.3) is 0 Å². The van der Waals surface area contributed by atoms with Crippen molar-refractivity contribution in [3.05, 3.63) is 18.7 Å². The van der Waals surface area contributed by atoms with Crippen LogP contribution in [0.2, 0.25) is 0 Å². The summed E-state index contributed by atoms with van der Waals surface area (Å²) in [5.41, 5.74) is 0. The number of rotatable bonds is 4. The number of piperidine rings is 1. The molecular formula is C13H22Cl2N4O. The van der Waals surface area contributed by atoms with E-state index in [0.29, 0.717) is 31.1 Å². The molecule has 3 rings (SSSR count). The van der Waals surface area contributed by atoms with Gasteiger partial charge in [0.2, 0.25) is 5.91 Å². The zero-order valence-corrected chi connectivity index (χ0v) is 13.0. The van der Waals surface area contributed by atoms with Crippen LogP contribution in [-0.4, -0.2) is 33.6 Å². The zero-order valence-electron chi connectivity index (χ0n) is 11.3. The number of carbonyl (C=O) groups excluding carboxylic acids is 1. The van der Waals surface area contributed by atoms with E-state index in [9.17, 15) is 4.79 Å². The summed E-state index contributed by atoms with van der Waals surface area (Å²) < 4.78 is 1.94. The van der Waals surface area contributed by atoms with Crippen molar-refractivity contribution in [2.24, 2.45) is 0 Å². The Kier molecular flexibility index (Phi) is 6.79. The lowest BCUT2D eigenvalue weighted by atomic mass is 10.00. The summed E-state index contributed by atoms with van der Waals surface area (Å²) in [6.07, 6.45) is 10.6. The molecule has 114 valence electrons. The normalized spacial score (nSPS) is 27.3. The molecule has 0 aliphatic carbocycles. The molecule has 5 nitrogen and oxygen atoms in total. The Bertz CT molecular complexity index is 401. The van der Waals surface area contributed by atoms with Crippen LogP contribution in [0.4, 0.5) is 0 Å². The molecule has 1 aromatic heterocycles. The first kappa shape index (κ1) is 17.3. The molecule has 2 atom stereocenters. The standard InChI is InChI=1S/C13H20N4O.2ClH/c18-13(3-5-17-6-4-14-9-17)16-12-7-10-1-2-11(8-12)15-10;;/h4,6,9-12,15H,1-3,5,7-8H2,(H,16,18);2*1H. The molecular weight excluding hydrogens is 299 g/mol. The fraction of sp³-hybridized carbons (Fsp3) is 0.692. The third-order valence-electron chi connectivity index (χ3n) is 3.99. The average molecular weight is 321 g/mol. The van der Waals surface area contributed by atoms with Crippen molar-refractivity contribution in [3.63, 3.8) is 0 Å². The molecule has 20 heavy (non-hydrogen) atoms. The van der Waals surface area contributed by atoms with Gasteiger partial charge in [-0.2, -0.15) is 0 Å². The molecule has 0 spiro atoms. The first-order valence-electron chi connectivity index (χ1n) is 6.81. The van der Waals surface area contributed by atoms with Crippen molar-refractivity contribution in [1.82, 2.24) is 20.2 Å². The SMILES string of the molecule is Cl.Cl.O=C(CCn1ccnc1)NC1CC2CCC(C1)N2. The molecule has 1 aromatic rings. The monoisotopic (exact) mass is 320 g/mol. The second-order valence-electron chi connectivity index (χ2n) is 5.42. The van der Waals surface area contributed by atoms with Gasteiger partial charge in [0.15, 0.2) is 0 Å². The van der Waals surface area contributed by atoms with Crippen LogP contribution in [-0.2, 0) is 11.3 Å². The van der Waals surface area contributed by atoms with Gasteiger partial charge in [0, 0.05) is 43.5 Å². The minimum Gasteiger partial charge on any atom is -0.353 e. The fourth-order valence-corrected chi connectivity index (χ4v) is 3.12. The number of fused-ring (bicyclic) bond motifs is 2. The Hall–Kier alpha value is -0.780. The zero-order chi connectivity index (χ0) is 12.4. The van der Waals surface area contributed by atoms with Crippen LogP contribution >= 0.6 is 24.8 Å². The second-order valence-corrected chi connectivity index (χ2v) is 5.42. The number of hydrogen-bond donors (Lipinski definition) is 2. The first-order chi connectivity index (χ1) is 8.79. The molecule has 3 heterocycles. The molecule has 2 N–H and O–H groups in total. The lowest BCUT2D eigenvalue weighted by molar-refractivity contribution is -0.122. The van der Waals surface area contributed by atoms with Gasteiger partial charge in [-0.3, -0.25) is 4.79 Å². The summed E-state index contributed by atoms with van der Waals surface area (Å²) in [4.78, 5) is 15.8. The molecule has 2 fully saturated rings. The lowest BCUT2D eigenvalue weighted by Gasteiger charge is -2.29. The number of halogens is 2. The molecule has 0 saturated carbocycles. The number of nitrogens with zero attached hydrogens (tertiary/aromatic N) is 2. The molecule has 2 saturated heterocycles. The maximum Gasteiger partial charge on any atom is 0.222 e. The number of carbonyl (C=O) groups is 1. The Morgan fingerprint density at radius 1 is 1.30 bits per heavy atom. The van der Waals surface area contributed by atoms with Crippen LogP contribution in [0, 0.1) is 0 Å². The highest BCUT2D eigenvalue weighted by molar-refractivity contribution is 5.85. The van der Waals surface area contributed by atoms with E-state index in [1.54, 1.807) is 12.5 Å². The van der Waals surface area contributed by atoms with E-state index in [1.807, 2.05) is 10.8 Å². The minimum absolute atomic E-state index is 0. The predicted molar refractivity (Wildman–Crippen MR) is 82.5 cm³/mol. The second kappa shape index (κ2) is 7.86. The van der Waals surface area contributed by atoms with Crippen molar-refractivity contribution in [2.45, 2.75) is 56.8 Å². The third kappa shape index (κ3) is 4.36. The quantitative estimate of drug-likeness (QED) is 0.884. The molecule has 2 aliphatic rings. The minimum atomic E-state index is 0. The number of aromatic nitrogens is 2. The number of imidazole rings is 1. The number of hydrogen-bond acceptors (Lipinski definition) is 3. The number of nitrogens with one attached hydrogen (secondary N) is 2. The van der Waals surface area contributed by atoms with Gasteiger partial charge in [-0.1, -0.05) is 0 Å². The lowest BCUT2D eigenvalue weighted by Crippen LogP contribution is -2.48. The highest BCUT2D eigenvalue weighted by Crippen LogP contribution is 2.26. The highest BCUT2D eigenvalue weighted by Gasteiger charge is 2.33. The van der Waals surface area contributed by atoms with Crippen LogP contribution in [0.5, 0.6) is 0 Å². The first-order valence-corrected chi connectivity index (χ1v) is 6.81. The molecule has 2 unspecified atom stereocenters. The highest BCUT2D eigenvalue weighted by atomic mass is 35.5. The van der Waals surface area contributed by atoms with Gasteiger partial charge in [0.1, 0.15) is 0 Å². The summed E-state index contributed by atoms with van der Waals surface area (Å²) in [6, 6.07) is 1.63. The summed E-state index contributed by atoms with van der Waals surface area (Å²) in [5, 5.41) is 6.75.